The van der Waals surface area contributed by atoms with Crippen molar-refractivity contribution in [2.75, 3.05) is 6.61 Å². The fourth-order valence-electron chi connectivity index (χ4n) is 1.58. The molecule has 0 spiro atoms. The van der Waals surface area contributed by atoms with Gasteiger partial charge in [0, 0.05) is 0 Å². The fourth-order valence-corrected chi connectivity index (χ4v) is 1.70. The van der Waals surface area contributed by atoms with Gasteiger partial charge in [-0.05, 0) is 38.0 Å². The minimum atomic E-state index is -1.75. The summed E-state index contributed by atoms with van der Waals surface area (Å²) in [5, 5.41) is 9.14. The van der Waals surface area contributed by atoms with Crippen molar-refractivity contribution in [3.05, 3.63) is 34.6 Å². The van der Waals surface area contributed by atoms with E-state index in [4.69, 9.17) is 16.3 Å². The Hall–Kier alpha value is -1.62. The van der Waals surface area contributed by atoms with E-state index in [2.05, 4.69) is 0 Å². The van der Waals surface area contributed by atoms with Gasteiger partial charge in [-0.2, -0.15) is 0 Å². The normalized spacial score (nSPS) is 13.7. The van der Waals surface area contributed by atoms with Crippen LogP contribution in [0.15, 0.2) is 18.2 Å². The average Bonchev–Trinajstić information content (AvgIpc) is 2.33. The number of hydrogen-bond donors (Lipinski definition) is 1. The maximum Gasteiger partial charge on any atom is 0.323 e. The highest BCUT2D eigenvalue weighted by atomic mass is 35.5. The van der Waals surface area contributed by atoms with Crippen molar-refractivity contribution < 1.29 is 23.8 Å². The van der Waals surface area contributed by atoms with E-state index >= 15 is 0 Å². The molecular formula is C13H14ClFO4. The molecule has 1 aromatic carbocycles. The SMILES string of the molecule is CCOC(=O)C(C)(Cc1ccc(Cl)c(F)c1)C(=O)O. The molecule has 1 aromatic rings. The summed E-state index contributed by atoms with van der Waals surface area (Å²) in [6.45, 7) is 2.92. The van der Waals surface area contributed by atoms with Gasteiger partial charge in [0.1, 0.15) is 5.82 Å². The van der Waals surface area contributed by atoms with E-state index in [1.54, 1.807) is 6.92 Å². The van der Waals surface area contributed by atoms with Gasteiger partial charge in [0.2, 0.25) is 0 Å². The van der Waals surface area contributed by atoms with Crippen LogP contribution in [0.2, 0.25) is 5.02 Å². The second-order valence-electron chi connectivity index (χ2n) is 4.28. The first-order valence-corrected chi connectivity index (χ1v) is 6.03. The molecule has 0 heterocycles. The van der Waals surface area contributed by atoms with Gasteiger partial charge in [-0.15, -0.1) is 0 Å². The number of esters is 1. The third-order valence-corrected chi connectivity index (χ3v) is 3.05. The van der Waals surface area contributed by atoms with E-state index in [0.717, 1.165) is 6.07 Å². The molecule has 1 N–H and O–H groups in total. The van der Waals surface area contributed by atoms with Crippen LogP contribution in [0.25, 0.3) is 0 Å². The maximum atomic E-state index is 13.3. The fraction of sp³-hybridized carbons (Fsp3) is 0.385. The molecule has 0 aliphatic rings. The minimum absolute atomic E-state index is 0.0584. The number of carboxylic acid groups (broad SMARTS) is 1. The lowest BCUT2D eigenvalue weighted by Gasteiger charge is -2.22. The number of aliphatic carboxylic acids is 1. The molecule has 0 radical (unpaired) electrons. The summed E-state index contributed by atoms with van der Waals surface area (Å²) in [6, 6.07) is 3.91. The molecule has 6 heteroatoms. The van der Waals surface area contributed by atoms with E-state index in [1.807, 2.05) is 0 Å². The van der Waals surface area contributed by atoms with Crippen LogP contribution >= 0.6 is 11.6 Å². The zero-order valence-electron chi connectivity index (χ0n) is 10.6. The molecular weight excluding hydrogens is 275 g/mol. The predicted molar refractivity (Wildman–Crippen MR) is 67.5 cm³/mol. The molecule has 0 saturated heterocycles. The Labute approximate surface area is 115 Å². The molecule has 0 aliphatic heterocycles. The first kappa shape index (κ1) is 15.4. The number of benzene rings is 1. The third-order valence-electron chi connectivity index (χ3n) is 2.74. The van der Waals surface area contributed by atoms with Crippen molar-refractivity contribution in [1.82, 2.24) is 0 Å². The van der Waals surface area contributed by atoms with Crippen molar-refractivity contribution >= 4 is 23.5 Å². The maximum absolute atomic E-state index is 13.3. The zero-order valence-corrected chi connectivity index (χ0v) is 11.3. The Morgan fingerprint density at radius 2 is 2.11 bits per heavy atom. The molecule has 104 valence electrons. The van der Waals surface area contributed by atoms with Crippen LogP contribution in [0.1, 0.15) is 19.4 Å². The highest BCUT2D eigenvalue weighted by molar-refractivity contribution is 6.30. The van der Waals surface area contributed by atoms with Gasteiger partial charge in [-0.1, -0.05) is 17.7 Å². The van der Waals surface area contributed by atoms with E-state index < -0.39 is 23.2 Å². The van der Waals surface area contributed by atoms with Gasteiger partial charge in [0.25, 0.3) is 0 Å². The quantitative estimate of drug-likeness (QED) is 0.668. The smallest absolute Gasteiger partial charge is 0.323 e. The third kappa shape index (κ3) is 3.44. The second kappa shape index (κ2) is 6.02. The molecule has 19 heavy (non-hydrogen) atoms. The molecule has 1 atom stereocenters. The number of halogens is 2. The summed E-state index contributed by atoms with van der Waals surface area (Å²) in [5.74, 6) is -2.82. The van der Waals surface area contributed by atoms with Crippen LogP contribution in [-0.4, -0.2) is 23.7 Å². The lowest BCUT2D eigenvalue weighted by molar-refractivity contribution is -0.167. The van der Waals surface area contributed by atoms with Crippen molar-refractivity contribution in [3.8, 4) is 0 Å². The lowest BCUT2D eigenvalue weighted by Crippen LogP contribution is -2.40. The van der Waals surface area contributed by atoms with Gasteiger partial charge < -0.3 is 9.84 Å². The summed E-state index contributed by atoms with van der Waals surface area (Å²) in [7, 11) is 0. The second-order valence-corrected chi connectivity index (χ2v) is 4.69. The summed E-state index contributed by atoms with van der Waals surface area (Å²) < 4.78 is 18.1. The van der Waals surface area contributed by atoms with Crippen molar-refractivity contribution in [2.45, 2.75) is 20.3 Å². The Morgan fingerprint density at radius 3 is 2.58 bits per heavy atom. The molecule has 0 aromatic heterocycles. The van der Waals surface area contributed by atoms with Crippen LogP contribution in [0, 0.1) is 11.2 Å². The first-order chi connectivity index (χ1) is 8.81. The number of hydrogen-bond acceptors (Lipinski definition) is 3. The highest BCUT2D eigenvalue weighted by Crippen LogP contribution is 2.27. The van der Waals surface area contributed by atoms with E-state index in [1.165, 1.54) is 19.1 Å². The van der Waals surface area contributed by atoms with Crippen LogP contribution < -0.4 is 0 Å². The van der Waals surface area contributed by atoms with Crippen molar-refractivity contribution in [2.24, 2.45) is 5.41 Å². The monoisotopic (exact) mass is 288 g/mol. The summed E-state index contributed by atoms with van der Waals surface area (Å²) in [4.78, 5) is 23.0. The predicted octanol–water partition coefficient (Wildman–Crippen LogP) is 2.68. The lowest BCUT2D eigenvalue weighted by atomic mass is 9.83. The molecule has 1 rings (SSSR count). The summed E-state index contributed by atoms with van der Waals surface area (Å²) in [6.07, 6.45) is -0.171. The molecule has 1 unspecified atom stereocenters. The minimum Gasteiger partial charge on any atom is -0.480 e. The largest absolute Gasteiger partial charge is 0.480 e. The Kier molecular flexibility index (Phi) is 4.89. The Morgan fingerprint density at radius 1 is 1.47 bits per heavy atom. The molecule has 0 aliphatic carbocycles. The van der Waals surface area contributed by atoms with Crippen molar-refractivity contribution in [1.29, 1.82) is 0 Å². The van der Waals surface area contributed by atoms with Crippen LogP contribution in [0.5, 0.6) is 0 Å². The molecule has 0 saturated carbocycles. The summed E-state index contributed by atoms with van der Waals surface area (Å²) >= 11 is 5.54. The van der Waals surface area contributed by atoms with Gasteiger partial charge in [0.15, 0.2) is 5.41 Å². The van der Waals surface area contributed by atoms with E-state index in [9.17, 15) is 19.1 Å². The molecule has 4 nitrogen and oxygen atoms in total. The topological polar surface area (TPSA) is 63.6 Å². The van der Waals surface area contributed by atoms with Gasteiger partial charge >= 0.3 is 11.9 Å². The van der Waals surface area contributed by atoms with E-state index in [0.29, 0.717) is 5.56 Å². The molecule has 0 bridgehead atoms. The number of carbonyl (C=O) groups excluding carboxylic acids is 1. The van der Waals surface area contributed by atoms with Gasteiger partial charge in [-0.25, -0.2) is 4.39 Å². The Bertz CT molecular complexity index is 503. The van der Waals surface area contributed by atoms with Crippen LogP contribution in [0.3, 0.4) is 0 Å². The summed E-state index contributed by atoms with van der Waals surface area (Å²) in [5.41, 5.74) is -1.39. The standard InChI is InChI=1S/C13H14ClFO4/c1-3-19-12(18)13(2,11(16)17)7-8-4-5-9(14)10(15)6-8/h4-6H,3,7H2,1-2H3,(H,16,17). The molecule has 0 fully saturated rings. The highest BCUT2D eigenvalue weighted by Gasteiger charge is 2.43. The Balaban J connectivity index is 3.04. The average molecular weight is 289 g/mol. The van der Waals surface area contributed by atoms with Crippen molar-refractivity contribution in [3.63, 3.8) is 0 Å². The van der Waals surface area contributed by atoms with Crippen LogP contribution in [0.4, 0.5) is 4.39 Å². The number of ether oxygens (including phenoxy) is 1. The first-order valence-electron chi connectivity index (χ1n) is 5.65. The number of rotatable bonds is 5. The zero-order chi connectivity index (χ0) is 14.6. The van der Waals surface area contributed by atoms with E-state index in [-0.39, 0.29) is 18.1 Å². The van der Waals surface area contributed by atoms with Gasteiger partial charge in [0.05, 0.1) is 11.6 Å². The van der Waals surface area contributed by atoms with Gasteiger partial charge in [-0.3, -0.25) is 9.59 Å². The molecule has 0 amide bonds. The number of carbonyl (C=O) groups is 2. The van der Waals surface area contributed by atoms with Crippen LogP contribution in [-0.2, 0) is 20.7 Å². The number of carboxylic acids is 1.